The zero-order chi connectivity index (χ0) is 19.4. The van der Waals surface area contributed by atoms with Gasteiger partial charge in [0.05, 0.1) is 25.2 Å². The Hall–Kier alpha value is -1.94. The Kier molecular flexibility index (Phi) is 6.15. The smallest absolute Gasteiger partial charge is 0.316 e. The molecule has 3 atom stereocenters. The van der Waals surface area contributed by atoms with Crippen molar-refractivity contribution >= 4 is 13.5 Å². The van der Waals surface area contributed by atoms with Crippen LogP contribution in [0.25, 0.3) is 0 Å². The Morgan fingerprint density at radius 3 is 2.00 bits per heavy atom. The zero-order valence-corrected chi connectivity index (χ0v) is 16.8. The van der Waals surface area contributed by atoms with Gasteiger partial charge in [0.15, 0.2) is 5.78 Å². The highest BCUT2D eigenvalue weighted by molar-refractivity contribution is 7.54. The lowest BCUT2D eigenvalue weighted by atomic mass is 9.83. The molecule has 1 heterocycles. The third-order valence-electron chi connectivity index (χ3n) is 4.84. The van der Waals surface area contributed by atoms with Crippen LogP contribution in [0.4, 0.5) is 0 Å². The van der Waals surface area contributed by atoms with Gasteiger partial charge in [-0.2, -0.15) is 0 Å². The number of amides is 1. The Balaban J connectivity index is 2.09. The van der Waals surface area contributed by atoms with E-state index in [9.17, 15) is 9.36 Å². The molecule has 0 bridgehead atoms. The van der Waals surface area contributed by atoms with Crippen molar-refractivity contribution in [3.63, 3.8) is 0 Å². The van der Waals surface area contributed by atoms with E-state index in [0.717, 1.165) is 11.1 Å². The van der Waals surface area contributed by atoms with Crippen LogP contribution in [0.3, 0.4) is 0 Å². The Morgan fingerprint density at radius 2 is 1.48 bits per heavy atom. The molecule has 1 aliphatic rings. The minimum atomic E-state index is -3.59. The van der Waals surface area contributed by atoms with Crippen LogP contribution in [0.1, 0.15) is 43.7 Å². The van der Waals surface area contributed by atoms with Crippen LogP contribution in [0.5, 0.6) is 0 Å². The van der Waals surface area contributed by atoms with Crippen molar-refractivity contribution in [2.45, 2.75) is 32.6 Å². The molecule has 0 aromatic heterocycles. The zero-order valence-electron chi connectivity index (χ0n) is 15.9. The van der Waals surface area contributed by atoms with Crippen LogP contribution in [0, 0.1) is 5.92 Å². The Labute approximate surface area is 160 Å². The number of carbonyl (C=O) groups is 1. The summed E-state index contributed by atoms with van der Waals surface area (Å²) >= 11 is 0. The van der Waals surface area contributed by atoms with Gasteiger partial charge in [-0.25, -0.2) is 0 Å². The predicted molar refractivity (Wildman–Crippen MR) is 105 cm³/mol. The lowest BCUT2D eigenvalue weighted by Crippen LogP contribution is -2.55. The molecular weight excluding hydrogens is 361 g/mol. The van der Waals surface area contributed by atoms with Crippen molar-refractivity contribution in [2.24, 2.45) is 5.92 Å². The molecule has 27 heavy (non-hydrogen) atoms. The van der Waals surface area contributed by atoms with Gasteiger partial charge in [0.1, 0.15) is 0 Å². The number of β-lactam (4-membered cyclic amide) rings is 1. The molecule has 0 spiro atoms. The van der Waals surface area contributed by atoms with Crippen LogP contribution in [0.2, 0.25) is 0 Å². The van der Waals surface area contributed by atoms with E-state index in [-0.39, 0.29) is 31.1 Å². The van der Waals surface area contributed by atoms with Crippen LogP contribution in [-0.2, 0) is 18.4 Å². The molecule has 0 N–H and O–H groups in total. The molecule has 0 aliphatic carbocycles. The summed E-state index contributed by atoms with van der Waals surface area (Å²) in [5.41, 5.74) is 1.77. The molecule has 2 aromatic carbocycles. The molecule has 0 radical (unpaired) electrons. The van der Waals surface area contributed by atoms with Crippen LogP contribution >= 0.6 is 7.60 Å². The van der Waals surface area contributed by atoms with Crippen molar-refractivity contribution < 1.29 is 18.4 Å². The third-order valence-corrected chi connectivity index (χ3v) is 7.22. The number of hydrogen-bond acceptors (Lipinski definition) is 4. The minimum Gasteiger partial charge on any atom is -0.316 e. The fourth-order valence-corrected chi connectivity index (χ4v) is 5.87. The Morgan fingerprint density at radius 1 is 0.963 bits per heavy atom. The summed E-state index contributed by atoms with van der Waals surface area (Å²) in [6.45, 7) is 5.96. The number of carbonyl (C=O) groups excluding carboxylic acids is 1. The van der Waals surface area contributed by atoms with Crippen LogP contribution in [-0.4, -0.2) is 24.0 Å². The molecule has 1 fully saturated rings. The van der Waals surface area contributed by atoms with Gasteiger partial charge < -0.3 is 13.9 Å². The second kappa shape index (κ2) is 8.39. The van der Waals surface area contributed by atoms with E-state index in [1.165, 1.54) is 0 Å². The first-order valence-electron chi connectivity index (χ1n) is 9.34. The molecule has 1 unspecified atom stereocenters. The topological polar surface area (TPSA) is 55.8 Å². The van der Waals surface area contributed by atoms with Crippen molar-refractivity contribution in [1.29, 1.82) is 0 Å². The molecule has 1 aliphatic heterocycles. The number of hydrogen-bond donors (Lipinski definition) is 0. The maximum Gasteiger partial charge on any atom is 0.357 e. The van der Waals surface area contributed by atoms with E-state index >= 15 is 0 Å². The first-order chi connectivity index (χ1) is 13.0. The molecule has 1 amide bonds. The van der Waals surface area contributed by atoms with Gasteiger partial charge in [-0.1, -0.05) is 67.6 Å². The van der Waals surface area contributed by atoms with Crippen LogP contribution < -0.4 is 0 Å². The SMILES string of the molecule is CCOP(=O)(OCC)C(c1ccccc1)N1C(=O)[C@H](C)[C@@H]1c1ccccc1. The first kappa shape index (κ1) is 19.8. The summed E-state index contributed by atoms with van der Waals surface area (Å²) in [6, 6.07) is 19.0. The summed E-state index contributed by atoms with van der Waals surface area (Å²) in [7, 11) is -3.59. The van der Waals surface area contributed by atoms with E-state index in [1.807, 2.05) is 67.6 Å². The molecular formula is C21H26NO4P. The van der Waals surface area contributed by atoms with Gasteiger partial charge in [0.2, 0.25) is 5.91 Å². The number of benzene rings is 2. The first-order valence-corrected chi connectivity index (χ1v) is 11.0. The molecule has 2 aromatic rings. The van der Waals surface area contributed by atoms with Gasteiger partial charge in [-0.15, -0.1) is 0 Å². The van der Waals surface area contributed by atoms with E-state index in [2.05, 4.69) is 0 Å². The van der Waals surface area contributed by atoms with Crippen molar-refractivity contribution in [2.75, 3.05) is 13.2 Å². The van der Waals surface area contributed by atoms with Crippen LogP contribution in [0.15, 0.2) is 60.7 Å². The second-order valence-corrected chi connectivity index (χ2v) is 8.63. The Bertz CT molecular complexity index is 801. The monoisotopic (exact) mass is 387 g/mol. The lowest BCUT2D eigenvalue weighted by molar-refractivity contribution is -0.158. The normalized spacial score (nSPS) is 21.0. The average Bonchev–Trinajstić information content (AvgIpc) is 2.69. The standard InChI is InChI=1S/C21H26NO4P/c1-4-25-27(24,26-5-2)21(18-14-10-7-11-15-18)22-19(16(3)20(22)23)17-12-8-6-9-13-17/h6-16,19,21H,4-5H2,1-3H3/t16-,19-,21?/m1/s1. The summed E-state index contributed by atoms with van der Waals surface area (Å²) in [6.07, 6.45) is 0. The quantitative estimate of drug-likeness (QED) is 0.463. The maximum absolute atomic E-state index is 13.7. The largest absolute Gasteiger partial charge is 0.357 e. The minimum absolute atomic E-state index is 0.0441. The fourth-order valence-electron chi connectivity index (χ4n) is 3.70. The second-order valence-electron chi connectivity index (χ2n) is 6.55. The molecule has 1 saturated heterocycles. The van der Waals surface area contributed by atoms with Crippen molar-refractivity contribution in [1.82, 2.24) is 4.90 Å². The lowest BCUT2D eigenvalue weighted by Gasteiger charge is -2.51. The molecule has 0 saturated carbocycles. The van der Waals surface area contributed by atoms with Crippen molar-refractivity contribution in [3.8, 4) is 0 Å². The summed E-state index contributed by atoms with van der Waals surface area (Å²) in [5, 5.41) is 0. The van der Waals surface area contributed by atoms with Gasteiger partial charge in [0.25, 0.3) is 0 Å². The predicted octanol–water partition coefficient (Wildman–Crippen LogP) is 5.17. The fraction of sp³-hybridized carbons (Fsp3) is 0.381. The highest BCUT2D eigenvalue weighted by Crippen LogP contribution is 2.66. The number of nitrogens with zero attached hydrogens (tertiary/aromatic N) is 1. The van der Waals surface area contributed by atoms with Gasteiger partial charge in [-0.3, -0.25) is 9.36 Å². The molecule has 3 rings (SSSR count). The molecule has 6 heteroatoms. The summed E-state index contributed by atoms with van der Waals surface area (Å²) in [4.78, 5) is 14.6. The van der Waals surface area contributed by atoms with Gasteiger partial charge in [0, 0.05) is 0 Å². The van der Waals surface area contributed by atoms with Crippen molar-refractivity contribution in [3.05, 3.63) is 71.8 Å². The summed E-state index contributed by atoms with van der Waals surface area (Å²) in [5.74, 6) is -1.000. The number of likely N-dealkylation sites (tertiary alicyclic amines) is 1. The van der Waals surface area contributed by atoms with E-state index in [4.69, 9.17) is 9.05 Å². The van der Waals surface area contributed by atoms with Gasteiger partial charge >= 0.3 is 7.60 Å². The van der Waals surface area contributed by atoms with Gasteiger partial charge in [-0.05, 0) is 25.0 Å². The average molecular weight is 387 g/mol. The highest BCUT2D eigenvalue weighted by atomic mass is 31.2. The number of rotatable bonds is 8. The molecule has 144 valence electrons. The van der Waals surface area contributed by atoms with E-state index < -0.39 is 13.4 Å². The molecule has 5 nitrogen and oxygen atoms in total. The third kappa shape index (κ3) is 3.73. The highest BCUT2D eigenvalue weighted by Gasteiger charge is 2.55. The van der Waals surface area contributed by atoms with E-state index in [1.54, 1.807) is 18.7 Å². The van der Waals surface area contributed by atoms with E-state index in [0.29, 0.717) is 0 Å². The summed E-state index contributed by atoms with van der Waals surface area (Å²) < 4.78 is 25.0. The maximum atomic E-state index is 13.7.